The van der Waals surface area contributed by atoms with Crippen LogP contribution in [0.1, 0.15) is 77.6 Å². The SMILES string of the molecule is CCCCC[C@@H](O)C=C[C@H]1[C@H](O)CC(NC=O)[C@@H]1CCCCCCC#N. The molecule has 1 rings (SSSR count). The fourth-order valence-corrected chi connectivity index (χ4v) is 3.98. The van der Waals surface area contributed by atoms with Crippen molar-refractivity contribution in [1.29, 1.82) is 5.26 Å². The molecule has 1 fully saturated rings. The van der Waals surface area contributed by atoms with Crippen LogP contribution in [-0.4, -0.2) is 34.9 Å². The lowest BCUT2D eigenvalue weighted by molar-refractivity contribution is -0.110. The van der Waals surface area contributed by atoms with Gasteiger partial charge in [-0.15, -0.1) is 0 Å². The molecule has 0 spiro atoms. The number of unbranched alkanes of at least 4 members (excludes halogenated alkanes) is 6. The molecular formula is C21H36N2O3. The molecule has 1 unspecified atom stereocenters. The summed E-state index contributed by atoms with van der Waals surface area (Å²) >= 11 is 0. The van der Waals surface area contributed by atoms with Crippen LogP contribution < -0.4 is 5.32 Å². The highest BCUT2D eigenvalue weighted by atomic mass is 16.3. The van der Waals surface area contributed by atoms with Gasteiger partial charge in [0, 0.05) is 18.4 Å². The summed E-state index contributed by atoms with van der Waals surface area (Å²) in [6.07, 6.45) is 13.8. The van der Waals surface area contributed by atoms with Crippen LogP contribution in [0.3, 0.4) is 0 Å². The van der Waals surface area contributed by atoms with Crippen molar-refractivity contribution >= 4 is 6.41 Å². The standard InChI is InChI=1S/C21H36N2O3/c1-2-3-7-10-17(25)12-13-19-18(11-8-5-4-6-9-14-22)20(23-16-24)15-21(19)26/h12-13,16-21,25-26H,2-11,15H2,1H3,(H,23,24)/t17-,18-,19-,20?,21-/m1/s1. The molecule has 1 saturated carbocycles. The average molecular weight is 365 g/mol. The summed E-state index contributed by atoms with van der Waals surface area (Å²) in [5.41, 5.74) is 0. The third-order valence-corrected chi connectivity index (χ3v) is 5.47. The lowest BCUT2D eigenvalue weighted by Gasteiger charge is -2.23. The molecule has 26 heavy (non-hydrogen) atoms. The van der Waals surface area contributed by atoms with E-state index in [0.717, 1.165) is 64.2 Å². The zero-order chi connectivity index (χ0) is 19.2. The van der Waals surface area contributed by atoms with Gasteiger partial charge in [0.1, 0.15) is 0 Å². The summed E-state index contributed by atoms with van der Waals surface area (Å²) in [5, 5.41) is 32.0. The van der Waals surface area contributed by atoms with Crippen LogP contribution in [0.5, 0.6) is 0 Å². The summed E-state index contributed by atoms with van der Waals surface area (Å²) in [6, 6.07) is 2.16. The second kappa shape index (κ2) is 13.8. The third kappa shape index (κ3) is 8.33. The monoisotopic (exact) mass is 364 g/mol. The Hall–Kier alpha value is -1.38. The van der Waals surface area contributed by atoms with Crippen molar-refractivity contribution in [2.75, 3.05) is 0 Å². The van der Waals surface area contributed by atoms with Crippen LogP contribution in [0.25, 0.3) is 0 Å². The van der Waals surface area contributed by atoms with Gasteiger partial charge in [0.05, 0.1) is 18.3 Å². The van der Waals surface area contributed by atoms with E-state index in [1.807, 2.05) is 12.2 Å². The van der Waals surface area contributed by atoms with E-state index in [2.05, 4.69) is 18.3 Å². The summed E-state index contributed by atoms with van der Waals surface area (Å²) in [5.74, 6) is 0.178. The van der Waals surface area contributed by atoms with Crippen molar-refractivity contribution < 1.29 is 15.0 Å². The Kier molecular flexibility index (Phi) is 12.0. The lowest BCUT2D eigenvalue weighted by Crippen LogP contribution is -2.33. The first-order valence-electron chi connectivity index (χ1n) is 10.2. The number of aliphatic hydroxyl groups is 2. The van der Waals surface area contributed by atoms with Gasteiger partial charge in [0.2, 0.25) is 6.41 Å². The minimum Gasteiger partial charge on any atom is -0.392 e. The minimum absolute atomic E-state index is 0.00603. The van der Waals surface area contributed by atoms with Crippen LogP contribution in [0.15, 0.2) is 12.2 Å². The number of nitrogens with zero attached hydrogens (tertiary/aromatic N) is 1. The minimum atomic E-state index is -0.477. The number of hydrogen-bond donors (Lipinski definition) is 3. The number of hydrogen-bond acceptors (Lipinski definition) is 4. The second-order valence-corrected chi connectivity index (χ2v) is 7.49. The molecule has 0 aliphatic heterocycles. The van der Waals surface area contributed by atoms with Gasteiger partial charge >= 0.3 is 0 Å². The molecule has 5 heteroatoms. The quantitative estimate of drug-likeness (QED) is 0.250. The maximum Gasteiger partial charge on any atom is 0.207 e. The van der Waals surface area contributed by atoms with Crippen molar-refractivity contribution in [2.24, 2.45) is 11.8 Å². The van der Waals surface area contributed by atoms with Crippen molar-refractivity contribution in [3.63, 3.8) is 0 Å². The third-order valence-electron chi connectivity index (χ3n) is 5.47. The molecule has 0 aromatic carbocycles. The molecule has 148 valence electrons. The fraction of sp³-hybridized carbons (Fsp3) is 0.810. The first kappa shape index (κ1) is 22.7. The number of amides is 1. The Morgan fingerprint density at radius 2 is 2.00 bits per heavy atom. The molecule has 1 aliphatic rings. The first-order chi connectivity index (χ1) is 12.6. The highest BCUT2D eigenvalue weighted by molar-refractivity contribution is 5.47. The maximum absolute atomic E-state index is 10.9. The van der Waals surface area contributed by atoms with Crippen LogP contribution in [0.4, 0.5) is 0 Å². The van der Waals surface area contributed by atoms with Crippen molar-refractivity contribution in [3.8, 4) is 6.07 Å². The van der Waals surface area contributed by atoms with E-state index in [0.29, 0.717) is 12.8 Å². The highest BCUT2D eigenvalue weighted by Crippen LogP contribution is 2.37. The Morgan fingerprint density at radius 3 is 2.69 bits per heavy atom. The van der Waals surface area contributed by atoms with Crippen LogP contribution in [0.2, 0.25) is 0 Å². The highest BCUT2D eigenvalue weighted by Gasteiger charge is 2.40. The molecule has 5 atom stereocenters. The molecule has 1 aliphatic carbocycles. The second-order valence-electron chi connectivity index (χ2n) is 7.49. The molecule has 0 aromatic rings. The summed E-state index contributed by atoms with van der Waals surface area (Å²) in [6.45, 7) is 2.14. The van der Waals surface area contributed by atoms with Crippen molar-refractivity contribution in [1.82, 2.24) is 5.32 Å². The molecule has 0 aromatic heterocycles. The zero-order valence-corrected chi connectivity index (χ0v) is 16.1. The lowest BCUT2D eigenvalue weighted by atomic mass is 9.87. The van der Waals surface area contributed by atoms with E-state index < -0.39 is 12.2 Å². The van der Waals surface area contributed by atoms with E-state index in [4.69, 9.17) is 5.26 Å². The molecule has 0 heterocycles. The van der Waals surface area contributed by atoms with Gasteiger partial charge in [-0.25, -0.2) is 0 Å². The van der Waals surface area contributed by atoms with Crippen LogP contribution in [0, 0.1) is 23.2 Å². The first-order valence-corrected chi connectivity index (χ1v) is 10.2. The molecule has 1 amide bonds. The number of nitrogens with one attached hydrogen (secondary N) is 1. The number of carbonyl (C=O) groups is 1. The van der Waals surface area contributed by atoms with Crippen LogP contribution >= 0.6 is 0 Å². The predicted molar refractivity (Wildman–Crippen MR) is 103 cm³/mol. The Labute approximate surface area is 158 Å². The molecule has 0 radical (unpaired) electrons. The average Bonchev–Trinajstić information content (AvgIpc) is 2.91. The molecule has 0 saturated heterocycles. The van der Waals surface area contributed by atoms with Gasteiger partial charge < -0.3 is 15.5 Å². The number of rotatable bonds is 14. The topological polar surface area (TPSA) is 93.3 Å². The zero-order valence-electron chi connectivity index (χ0n) is 16.1. The van der Waals surface area contributed by atoms with E-state index in [1.54, 1.807) is 0 Å². The fourth-order valence-electron chi connectivity index (χ4n) is 3.98. The summed E-state index contributed by atoms with van der Waals surface area (Å²) < 4.78 is 0. The van der Waals surface area contributed by atoms with E-state index in [9.17, 15) is 15.0 Å². The summed E-state index contributed by atoms with van der Waals surface area (Å²) in [4.78, 5) is 10.9. The molecular weight excluding hydrogens is 328 g/mol. The Bertz CT molecular complexity index is 447. The largest absolute Gasteiger partial charge is 0.392 e. The number of aliphatic hydroxyl groups excluding tert-OH is 2. The Morgan fingerprint density at radius 1 is 1.23 bits per heavy atom. The van der Waals surface area contributed by atoms with Crippen molar-refractivity contribution in [3.05, 3.63) is 12.2 Å². The summed E-state index contributed by atoms with van der Waals surface area (Å²) in [7, 11) is 0. The van der Waals surface area contributed by atoms with E-state index >= 15 is 0 Å². The normalized spacial score (nSPS) is 26.7. The smallest absolute Gasteiger partial charge is 0.207 e. The van der Waals surface area contributed by atoms with Gasteiger partial charge in [0.25, 0.3) is 0 Å². The van der Waals surface area contributed by atoms with Gasteiger partial charge in [0.15, 0.2) is 0 Å². The van der Waals surface area contributed by atoms with Gasteiger partial charge in [-0.3, -0.25) is 4.79 Å². The number of nitriles is 1. The van der Waals surface area contributed by atoms with Crippen LogP contribution in [-0.2, 0) is 4.79 Å². The Balaban J connectivity index is 2.55. The van der Waals surface area contributed by atoms with E-state index in [1.165, 1.54) is 0 Å². The molecule has 0 bridgehead atoms. The molecule has 3 N–H and O–H groups in total. The maximum atomic E-state index is 10.9. The van der Waals surface area contributed by atoms with Gasteiger partial charge in [-0.05, 0) is 31.6 Å². The molecule has 5 nitrogen and oxygen atoms in total. The van der Waals surface area contributed by atoms with E-state index in [-0.39, 0.29) is 17.9 Å². The predicted octanol–water partition coefficient (Wildman–Crippen LogP) is 3.46. The van der Waals surface area contributed by atoms with Gasteiger partial charge in [-0.1, -0.05) is 57.6 Å². The number of carbonyl (C=O) groups excluding carboxylic acids is 1. The van der Waals surface area contributed by atoms with Crippen molar-refractivity contribution in [2.45, 2.75) is 95.8 Å². The van der Waals surface area contributed by atoms with Gasteiger partial charge in [-0.2, -0.15) is 5.26 Å².